The predicted octanol–water partition coefficient (Wildman–Crippen LogP) is 19.6. The molecule has 0 bridgehead atoms. The van der Waals surface area contributed by atoms with Gasteiger partial charge >= 0.3 is 0 Å². The van der Waals surface area contributed by atoms with Crippen LogP contribution in [-0.4, -0.2) is 87.5 Å². The number of carbonyl (C=O) groups excluding carboxylic acids is 1. The van der Waals surface area contributed by atoms with Crippen LogP contribution in [0.3, 0.4) is 0 Å². The van der Waals surface area contributed by atoms with Gasteiger partial charge in [0.2, 0.25) is 5.91 Å². The Kier molecular flexibility index (Phi) is 59.2. The molecule has 7 atom stereocenters. The van der Waals surface area contributed by atoms with Crippen molar-refractivity contribution in [3.63, 3.8) is 0 Å². The zero-order chi connectivity index (χ0) is 58.6. The summed E-state index contributed by atoms with van der Waals surface area (Å²) >= 11 is 0. The number of hydrogen-bond acceptors (Lipinski definition) is 8. The zero-order valence-corrected chi connectivity index (χ0v) is 53.8. The standard InChI is InChI=1S/C72H139NO8/c1-3-5-7-9-11-13-15-17-19-21-23-25-27-29-31-33-34-35-37-39-41-43-45-47-49-51-53-55-57-59-61-66(75)65(64-80-72-71(79)70(78)69(77)67(63-74)81-72)73-68(76)62-60-58-56-54-52-50-48-46-44-42-40-38-36-32-30-28-26-24-22-20-18-16-14-12-10-8-6-4-2/h51,53,59,61,65-67,69-72,74-75,77-79H,3-50,52,54-58,60,62-64H2,1-2H3,(H,73,76)/b53-51+,61-59+. The van der Waals surface area contributed by atoms with Crippen molar-refractivity contribution in [1.82, 2.24) is 5.32 Å². The van der Waals surface area contributed by atoms with Crippen LogP contribution >= 0.6 is 0 Å². The highest BCUT2D eigenvalue weighted by Gasteiger charge is 2.44. The van der Waals surface area contributed by atoms with Gasteiger partial charge in [-0.25, -0.2) is 0 Å². The number of aliphatic hydroxyl groups is 5. The quantitative estimate of drug-likeness (QED) is 0.0261. The van der Waals surface area contributed by atoms with Crippen LogP contribution in [0.15, 0.2) is 24.3 Å². The van der Waals surface area contributed by atoms with E-state index in [9.17, 15) is 30.3 Å². The number of rotatable bonds is 64. The number of carbonyl (C=O) groups is 1. The summed E-state index contributed by atoms with van der Waals surface area (Å²) in [5.74, 6) is -0.177. The van der Waals surface area contributed by atoms with Crippen molar-refractivity contribution < 1.29 is 39.8 Å². The first-order valence-electron chi connectivity index (χ1n) is 36.1. The van der Waals surface area contributed by atoms with Crippen LogP contribution in [0.2, 0.25) is 0 Å². The molecule has 1 saturated heterocycles. The molecule has 0 saturated carbocycles. The van der Waals surface area contributed by atoms with Crippen LogP contribution in [0.4, 0.5) is 0 Å². The van der Waals surface area contributed by atoms with Crippen LogP contribution in [0, 0.1) is 0 Å². The van der Waals surface area contributed by atoms with Gasteiger partial charge in [0.1, 0.15) is 24.4 Å². The van der Waals surface area contributed by atoms with Crippen molar-refractivity contribution in [2.45, 2.75) is 416 Å². The minimum absolute atomic E-state index is 0.177. The van der Waals surface area contributed by atoms with Gasteiger partial charge in [-0.1, -0.05) is 359 Å². The lowest BCUT2D eigenvalue weighted by molar-refractivity contribution is -0.302. The molecular formula is C72H139NO8. The first-order chi connectivity index (χ1) is 39.8. The average Bonchev–Trinajstić information content (AvgIpc) is 3.50. The van der Waals surface area contributed by atoms with Crippen LogP contribution in [0.1, 0.15) is 373 Å². The molecular weight excluding hydrogens is 1010 g/mol. The molecule has 1 aliphatic heterocycles. The SMILES string of the molecule is CCCCCCCCCCCCCCCCCCCCCCCCCC/C=C/CC/C=C/C(O)C(COC1OC(CO)C(O)C(O)C1O)NC(=O)CCCCCCCCCCCCCCCCCCCCCCCCCCCCCC. The van der Waals surface area contributed by atoms with Crippen LogP contribution in [-0.2, 0) is 14.3 Å². The van der Waals surface area contributed by atoms with E-state index in [0.29, 0.717) is 6.42 Å². The molecule has 0 spiro atoms. The third-order valence-corrected chi connectivity index (χ3v) is 17.5. The molecule has 1 fully saturated rings. The molecule has 9 nitrogen and oxygen atoms in total. The molecule has 7 unspecified atom stereocenters. The molecule has 6 N–H and O–H groups in total. The summed E-state index contributed by atoms with van der Waals surface area (Å²) in [5, 5.41) is 54.8. The molecule has 9 heteroatoms. The van der Waals surface area contributed by atoms with Crippen molar-refractivity contribution >= 4 is 5.91 Å². The van der Waals surface area contributed by atoms with Crippen molar-refractivity contribution in [3.05, 3.63) is 24.3 Å². The Hall–Kier alpha value is -1.33. The number of unbranched alkanes of at least 4 members (excludes halogenated alkanes) is 52. The molecule has 0 aromatic heterocycles. The molecule has 0 aromatic rings. The summed E-state index contributed by atoms with van der Waals surface area (Å²) in [4.78, 5) is 13.1. The van der Waals surface area contributed by atoms with Crippen molar-refractivity contribution in [2.24, 2.45) is 0 Å². The number of ether oxygens (including phenoxy) is 2. The lowest BCUT2D eigenvalue weighted by Crippen LogP contribution is -2.60. The van der Waals surface area contributed by atoms with Gasteiger partial charge < -0.3 is 40.3 Å². The van der Waals surface area contributed by atoms with E-state index in [1.54, 1.807) is 6.08 Å². The third-order valence-electron chi connectivity index (χ3n) is 17.5. The van der Waals surface area contributed by atoms with Gasteiger partial charge in [-0.15, -0.1) is 0 Å². The molecule has 0 aromatic carbocycles. The maximum absolute atomic E-state index is 13.1. The van der Waals surface area contributed by atoms with E-state index in [-0.39, 0.29) is 12.5 Å². The number of allylic oxidation sites excluding steroid dienone is 3. The molecule has 1 amide bonds. The van der Waals surface area contributed by atoms with Gasteiger partial charge in [0.25, 0.3) is 0 Å². The monoisotopic (exact) mass is 1150 g/mol. The van der Waals surface area contributed by atoms with Crippen molar-refractivity contribution in [1.29, 1.82) is 0 Å². The van der Waals surface area contributed by atoms with E-state index in [4.69, 9.17) is 9.47 Å². The minimum atomic E-state index is -1.57. The third kappa shape index (κ3) is 50.5. The molecule has 480 valence electrons. The van der Waals surface area contributed by atoms with Crippen LogP contribution in [0.5, 0.6) is 0 Å². The van der Waals surface area contributed by atoms with Gasteiger partial charge in [0, 0.05) is 6.42 Å². The summed E-state index contributed by atoms with van der Waals surface area (Å²) < 4.78 is 11.3. The Morgan fingerprint density at radius 2 is 0.704 bits per heavy atom. The van der Waals surface area contributed by atoms with E-state index in [0.717, 1.165) is 38.5 Å². The van der Waals surface area contributed by atoms with Crippen molar-refractivity contribution in [2.75, 3.05) is 13.2 Å². The van der Waals surface area contributed by atoms with E-state index in [2.05, 4.69) is 31.3 Å². The molecule has 1 rings (SSSR count). The van der Waals surface area contributed by atoms with Crippen molar-refractivity contribution in [3.8, 4) is 0 Å². The van der Waals surface area contributed by atoms with E-state index in [1.165, 1.54) is 315 Å². The first-order valence-corrected chi connectivity index (χ1v) is 36.1. The molecule has 1 heterocycles. The lowest BCUT2D eigenvalue weighted by atomic mass is 9.99. The Morgan fingerprint density at radius 1 is 0.407 bits per heavy atom. The van der Waals surface area contributed by atoms with Crippen LogP contribution < -0.4 is 5.32 Å². The second kappa shape index (κ2) is 61.7. The second-order valence-corrected chi connectivity index (χ2v) is 25.4. The maximum Gasteiger partial charge on any atom is 0.220 e. The summed E-state index contributed by atoms with van der Waals surface area (Å²) in [7, 11) is 0. The molecule has 0 radical (unpaired) electrons. The fraction of sp³-hybridized carbons (Fsp3) is 0.931. The normalized spacial score (nSPS) is 18.4. The second-order valence-electron chi connectivity index (χ2n) is 25.4. The van der Waals surface area contributed by atoms with Gasteiger partial charge in [0.05, 0.1) is 25.4 Å². The maximum atomic E-state index is 13.1. The van der Waals surface area contributed by atoms with Gasteiger partial charge in [0.15, 0.2) is 6.29 Å². The smallest absolute Gasteiger partial charge is 0.220 e. The van der Waals surface area contributed by atoms with Gasteiger partial charge in [-0.05, 0) is 32.1 Å². The summed E-state index contributed by atoms with van der Waals surface area (Å²) in [6.07, 6.45) is 74.5. The fourth-order valence-electron chi connectivity index (χ4n) is 11.9. The highest BCUT2D eigenvalue weighted by molar-refractivity contribution is 5.76. The van der Waals surface area contributed by atoms with E-state index >= 15 is 0 Å². The largest absolute Gasteiger partial charge is 0.394 e. The number of aliphatic hydroxyl groups excluding tert-OH is 5. The first kappa shape index (κ1) is 77.7. The summed E-state index contributed by atoms with van der Waals surface area (Å²) in [5.41, 5.74) is 0. The van der Waals surface area contributed by atoms with E-state index in [1.807, 2.05) is 6.08 Å². The molecule has 81 heavy (non-hydrogen) atoms. The Morgan fingerprint density at radius 3 is 1.04 bits per heavy atom. The molecule has 1 aliphatic rings. The Bertz CT molecular complexity index is 1330. The topological polar surface area (TPSA) is 149 Å². The van der Waals surface area contributed by atoms with Crippen LogP contribution in [0.25, 0.3) is 0 Å². The number of amides is 1. The van der Waals surface area contributed by atoms with E-state index < -0.39 is 49.5 Å². The highest BCUT2D eigenvalue weighted by Crippen LogP contribution is 2.24. The highest BCUT2D eigenvalue weighted by atomic mass is 16.7. The number of nitrogens with one attached hydrogen (secondary N) is 1. The minimum Gasteiger partial charge on any atom is -0.394 e. The number of hydrogen-bond donors (Lipinski definition) is 6. The lowest BCUT2D eigenvalue weighted by Gasteiger charge is -2.40. The van der Waals surface area contributed by atoms with Gasteiger partial charge in [-0.2, -0.15) is 0 Å². The zero-order valence-electron chi connectivity index (χ0n) is 53.8. The molecule has 0 aliphatic carbocycles. The summed E-state index contributed by atoms with van der Waals surface area (Å²) in [6.45, 7) is 3.83. The average molecular weight is 1150 g/mol. The Labute approximate surface area is 502 Å². The Balaban J connectivity index is 2.13. The summed E-state index contributed by atoms with van der Waals surface area (Å²) in [6, 6.07) is -0.820. The van der Waals surface area contributed by atoms with Gasteiger partial charge in [-0.3, -0.25) is 4.79 Å². The fourth-order valence-corrected chi connectivity index (χ4v) is 11.9. The predicted molar refractivity (Wildman–Crippen MR) is 346 cm³/mol.